The molecule has 0 bridgehead atoms. The zero-order chi connectivity index (χ0) is 15.6. The van der Waals surface area contributed by atoms with Gasteiger partial charge >= 0.3 is 5.97 Å². The standard InChI is InChI=1S/C15H18N2O4/c1-15(14(20)21)8-2-3-9-17(15)13(19)11-6-4-10(5-7-11)12(16)18/h4-7H,2-3,8-9H2,1H3,(H2,16,18)(H,20,21). The highest BCUT2D eigenvalue weighted by molar-refractivity contribution is 5.99. The minimum atomic E-state index is -1.18. The average molecular weight is 290 g/mol. The first-order chi connectivity index (χ1) is 9.86. The number of hydrogen-bond acceptors (Lipinski definition) is 3. The molecule has 0 aromatic heterocycles. The molecule has 1 fully saturated rings. The summed E-state index contributed by atoms with van der Waals surface area (Å²) < 4.78 is 0. The molecule has 1 saturated heterocycles. The number of likely N-dealkylation sites (tertiary alicyclic amines) is 1. The second-order valence-corrected chi connectivity index (χ2v) is 5.43. The number of amides is 2. The number of aliphatic carboxylic acids is 1. The van der Waals surface area contributed by atoms with Gasteiger partial charge in [-0.15, -0.1) is 0 Å². The molecule has 6 heteroatoms. The molecule has 1 atom stereocenters. The number of carbonyl (C=O) groups is 3. The van der Waals surface area contributed by atoms with E-state index in [1.54, 1.807) is 6.92 Å². The molecular formula is C15H18N2O4. The van der Waals surface area contributed by atoms with Crippen LogP contribution in [0.15, 0.2) is 24.3 Å². The van der Waals surface area contributed by atoms with Gasteiger partial charge in [0.2, 0.25) is 5.91 Å². The summed E-state index contributed by atoms with van der Waals surface area (Å²) in [7, 11) is 0. The zero-order valence-electron chi connectivity index (χ0n) is 11.8. The predicted octanol–water partition coefficient (Wildman–Crippen LogP) is 1.25. The van der Waals surface area contributed by atoms with Gasteiger partial charge in [-0.2, -0.15) is 0 Å². The van der Waals surface area contributed by atoms with Crippen molar-refractivity contribution in [3.05, 3.63) is 35.4 Å². The van der Waals surface area contributed by atoms with Gasteiger partial charge in [-0.25, -0.2) is 4.79 Å². The van der Waals surface area contributed by atoms with E-state index in [0.717, 1.165) is 12.8 Å². The number of rotatable bonds is 3. The molecule has 0 spiro atoms. The van der Waals surface area contributed by atoms with Gasteiger partial charge in [0.1, 0.15) is 5.54 Å². The fourth-order valence-electron chi connectivity index (χ4n) is 2.60. The molecule has 112 valence electrons. The number of hydrogen-bond donors (Lipinski definition) is 2. The lowest BCUT2D eigenvalue weighted by atomic mass is 9.88. The topological polar surface area (TPSA) is 101 Å². The summed E-state index contributed by atoms with van der Waals surface area (Å²) in [6.45, 7) is 1.99. The van der Waals surface area contributed by atoms with E-state index >= 15 is 0 Å². The minimum absolute atomic E-state index is 0.311. The van der Waals surface area contributed by atoms with Gasteiger partial charge in [-0.1, -0.05) is 0 Å². The van der Waals surface area contributed by atoms with Crippen LogP contribution in [0.4, 0.5) is 0 Å². The van der Waals surface area contributed by atoms with Crippen LogP contribution in [-0.2, 0) is 4.79 Å². The molecule has 1 aromatic carbocycles. The van der Waals surface area contributed by atoms with Crippen molar-refractivity contribution in [2.45, 2.75) is 31.7 Å². The van der Waals surface area contributed by atoms with Gasteiger partial charge < -0.3 is 15.7 Å². The number of carboxylic acid groups (broad SMARTS) is 1. The number of nitrogens with zero attached hydrogens (tertiary/aromatic N) is 1. The molecule has 3 N–H and O–H groups in total. The fourth-order valence-corrected chi connectivity index (χ4v) is 2.60. The molecule has 1 unspecified atom stereocenters. The quantitative estimate of drug-likeness (QED) is 0.874. The van der Waals surface area contributed by atoms with Crippen molar-refractivity contribution in [3.8, 4) is 0 Å². The highest BCUT2D eigenvalue weighted by Crippen LogP contribution is 2.29. The third kappa shape index (κ3) is 2.74. The summed E-state index contributed by atoms with van der Waals surface area (Å²) in [6.07, 6.45) is 2.01. The molecule has 1 heterocycles. The van der Waals surface area contributed by atoms with Crippen LogP contribution < -0.4 is 5.73 Å². The van der Waals surface area contributed by atoms with Crippen molar-refractivity contribution in [1.82, 2.24) is 4.90 Å². The van der Waals surface area contributed by atoms with Gasteiger partial charge in [0.15, 0.2) is 0 Å². The van der Waals surface area contributed by atoms with E-state index in [0.29, 0.717) is 24.1 Å². The maximum Gasteiger partial charge on any atom is 0.329 e. The number of benzene rings is 1. The summed E-state index contributed by atoms with van der Waals surface area (Å²) in [5.74, 6) is -1.90. The normalized spacial score (nSPS) is 21.9. The van der Waals surface area contributed by atoms with Crippen LogP contribution in [0.25, 0.3) is 0 Å². The largest absolute Gasteiger partial charge is 0.480 e. The number of nitrogens with two attached hydrogens (primary N) is 1. The SMILES string of the molecule is CC1(C(=O)O)CCCCN1C(=O)c1ccc(C(N)=O)cc1. The summed E-state index contributed by atoms with van der Waals surface area (Å²) in [5, 5.41) is 9.43. The van der Waals surface area contributed by atoms with Crippen molar-refractivity contribution in [3.63, 3.8) is 0 Å². The molecule has 0 radical (unpaired) electrons. The van der Waals surface area contributed by atoms with Gasteiger partial charge in [-0.05, 0) is 50.5 Å². The summed E-state index contributed by atoms with van der Waals surface area (Å²) in [6, 6.07) is 5.94. The molecule has 1 aliphatic rings. The third-order valence-electron chi connectivity index (χ3n) is 4.01. The second kappa shape index (κ2) is 5.55. The lowest BCUT2D eigenvalue weighted by molar-refractivity contribution is -0.150. The second-order valence-electron chi connectivity index (χ2n) is 5.43. The Balaban J connectivity index is 2.29. The highest BCUT2D eigenvalue weighted by atomic mass is 16.4. The van der Waals surface area contributed by atoms with Crippen molar-refractivity contribution in [2.75, 3.05) is 6.54 Å². The smallest absolute Gasteiger partial charge is 0.329 e. The monoisotopic (exact) mass is 290 g/mol. The average Bonchev–Trinajstić information content (AvgIpc) is 2.47. The number of carboxylic acids is 1. The summed E-state index contributed by atoms with van der Waals surface area (Å²) in [5.41, 5.74) is 4.64. The Morgan fingerprint density at radius 2 is 1.71 bits per heavy atom. The Morgan fingerprint density at radius 3 is 2.24 bits per heavy atom. The number of piperidine rings is 1. The maximum absolute atomic E-state index is 12.5. The molecule has 0 aliphatic carbocycles. The lowest BCUT2D eigenvalue weighted by Crippen LogP contribution is -2.57. The molecule has 2 rings (SSSR count). The first-order valence-corrected chi connectivity index (χ1v) is 6.81. The Morgan fingerprint density at radius 1 is 1.14 bits per heavy atom. The first-order valence-electron chi connectivity index (χ1n) is 6.81. The molecular weight excluding hydrogens is 272 g/mol. The Labute approximate surface area is 122 Å². The van der Waals surface area contributed by atoms with Crippen LogP contribution in [0.1, 0.15) is 46.9 Å². The van der Waals surface area contributed by atoms with Crippen molar-refractivity contribution >= 4 is 17.8 Å². The van der Waals surface area contributed by atoms with Gasteiger partial charge in [0.25, 0.3) is 5.91 Å². The Kier molecular flexibility index (Phi) is 3.97. The zero-order valence-corrected chi connectivity index (χ0v) is 11.8. The Hall–Kier alpha value is -2.37. The predicted molar refractivity (Wildman–Crippen MR) is 75.9 cm³/mol. The highest BCUT2D eigenvalue weighted by Gasteiger charge is 2.44. The van der Waals surface area contributed by atoms with Crippen LogP contribution in [-0.4, -0.2) is 39.9 Å². The van der Waals surface area contributed by atoms with Crippen LogP contribution in [0, 0.1) is 0 Å². The number of carbonyl (C=O) groups excluding carboxylic acids is 2. The molecule has 1 aliphatic heterocycles. The van der Waals surface area contributed by atoms with Crippen molar-refractivity contribution in [2.24, 2.45) is 5.73 Å². The molecule has 2 amide bonds. The van der Waals surface area contributed by atoms with Gasteiger partial charge in [0, 0.05) is 17.7 Å². The fraction of sp³-hybridized carbons (Fsp3) is 0.400. The Bertz CT molecular complexity index is 582. The van der Waals surface area contributed by atoms with Crippen LogP contribution in [0.5, 0.6) is 0 Å². The summed E-state index contributed by atoms with van der Waals surface area (Å²) >= 11 is 0. The van der Waals surface area contributed by atoms with E-state index < -0.39 is 17.4 Å². The molecule has 6 nitrogen and oxygen atoms in total. The lowest BCUT2D eigenvalue weighted by Gasteiger charge is -2.41. The van der Waals surface area contributed by atoms with Gasteiger partial charge in [-0.3, -0.25) is 9.59 Å². The van der Waals surface area contributed by atoms with E-state index in [-0.39, 0.29) is 5.91 Å². The van der Waals surface area contributed by atoms with E-state index in [9.17, 15) is 19.5 Å². The van der Waals surface area contributed by atoms with Crippen molar-refractivity contribution in [1.29, 1.82) is 0 Å². The van der Waals surface area contributed by atoms with Crippen LogP contribution in [0.2, 0.25) is 0 Å². The van der Waals surface area contributed by atoms with Crippen molar-refractivity contribution < 1.29 is 19.5 Å². The van der Waals surface area contributed by atoms with E-state index in [4.69, 9.17) is 5.73 Å². The first kappa shape index (κ1) is 15.0. The minimum Gasteiger partial charge on any atom is -0.480 e. The van der Waals surface area contributed by atoms with E-state index in [1.165, 1.54) is 29.2 Å². The van der Waals surface area contributed by atoms with Gasteiger partial charge in [0.05, 0.1) is 0 Å². The maximum atomic E-state index is 12.5. The number of primary amides is 1. The van der Waals surface area contributed by atoms with E-state index in [1.807, 2.05) is 0 Å². The molecule has 1 aromatic rings. The summed E-state index contributed by atoms with van der Waals surface area (Å²) in [4.78, 5) is 36.5. The molecule has 0 saturated carbocycles. The van der Waals surface area contributed by atoms with Crippen LogP contribution >= 0.6 is 0 Å². The molecule has 21 heavy (non-hydrogen) atoms. The van der Waals surface area contributed by atoms with E-state index in [2.05, 4.69) is 0 Å². The third-order valence-corrected chi connectivity index (χ3v) is 4.01. The van der Waals surface area contributed by atoms with Crippen LogP contribution in [0.3, 0.4) is 0 Å².